The standard InChI is InChI=1S/C12H9ClN2O5/c1-2-5-14(7-11(16)17)12(18)8-3-4-9(13)10(6-8)15(19)20/h1,3-4,6H,5,7H2,(H,16,17). The molecule has 0 unspecified atom stereocenters. The number of amides is 1. The van der Waals surface area contributed by atoms with Gasteiger partial charge in [-0.3, -0.25) is 19.7 Å². The first-order chi connectivity index (χ1) is 9.36. The summed E-state index contributed by atoms with van der Waals surface area (Å²) in [5.74, 6) is 0.198. The molecule has 1 N–H and O–H groups in total. The zero-order valence-corrected chi connectivity index (χ0v) is 10.8. The van der Waals surface area contributed by atoms with Crippen molar-refractivity contribution in [1.29, 1.82) is 0 Å². The molecule has 0 saturated heterocycles. The number of carbonyl (C=O) groups is 2. The van der Waals surface area contributed by atoms with Crippen molar-refractivity contribution in [2.45, 2.75) is 0 Å². The van der Waals surface area contributed by atoms with Crippen LogP contribution in [0.15, 0.2) is 18.2 Å². The maximum absolute atomic E-state index is 12.1. The molecule has 0 aliphatic rings. The van der Waals surface area contributed by atoms with E-state index >= 15 is 0 Å². The zero-order valence-electron chi connectivity index (χ0n) is 10.1. The molecule has 0 radical (unpaired) electrons. The molecule has 0 aromatic heterocycles. The van der Waals surface area contributed by atoms with Crippen LogP contribution in [0.1, 0.15) is 10.4 Å². The first-order valence-electron chi connectivity index (χ1n) is 5.25. The number of aliphatic carboxylic acids is 1. The molecule has 1 aromatic rings. The summed E-state index contributed by atoms with van der Waals surface area (Å²) < 4.78 is 0. The van der Waals surface area contributed by atoms with Gasteiger partial charge in [-0.1, -0.05) is 17.5 Å². The molecule has 1 amide bonds. The fraction of sp³-hybridized carbons (Fsp3) is 0.167. The number of hydrogen-bond acceptors (Lipinski definition) is 4. The number of terminal acetylenes is 1. The van der Waals surface area contributed by atoms with Crippen LogP contribution in [-0.2, 0) is 4.79 Å². The third-order valence-corrected chi connectivity index (χ3v) is 2.60. The van der Waals surface area contributed by atoms with E-state index in [9.17, 15) is 19.7 Å². The van der Waals surface area contributed by atoms with Crippen molar-refractivity contribution < 1.29 is 19.6 Å². The lowest BCUT2D eigenvalue weighted by molar-refractivity contribution is -0.384. The molecule has 0 aliphatic heterocycles. The monoisotopic (exact) mass is 296 g/mol. The molecular weight excluding hydrogens is 288 g/mol. The van der Waals surface area contributed by atoms with E-state index in [4.69, 9.17) is 23.1 Å². The molecule has 0 bridgehead atoms. The molecular formula is C12H9ClN2O5. The summed E-state index contributed by atoms with van der Waals surface area (Å²) in [6.07, 6.45) is 5.06. The fourth-order valence-electron chi connectivity index (χ4n) is 1.44. The number of hydrogen-bond donors (Lipinski definition) is 1. The highest BCUT2D eigenvalue weighted by Crippen LogP contribution is 2.25. The highest BCUT2D eigenvalue weighted by Gasteiger charge is 2.21. The Balaban J connectivity index is 3.12. The van der Waals surface area contributed by atoms with Crippen molar-refractivity contribution in [1.82, 2.24) is 4.90 Å². The van der Waals surface area contributed by atoms with E-state index < -0.39 is 29.0 Å². The third kappa shape index (κ3) is 3.70. The molecule has 1 aromatic carbocycles. The number of halogens is 1. The number of carbonyl (C=O) groups excluding carboxylic acids is 1. The normalized spacial score (nSPS) is 9.60. The van der Waals surface area contributed by atoms with Crippen LogP contribution in [0.2, 0.25) is 5.02 Å². The Bertz CT molecular complexity index is 608. The van der Waals surface area contributed by atoms with Gasteiger partial charge in [0.2, 0.25) is 0 Å². The van der Waals surface area contributed by atoms with Crippen molar-refractivity contribution in [3.8, 4) is 12.3 Å². The summed E-state index contributed by atoms with van der Waals surface area (Å²) in [7, 11) is 0. The minimum atomic E-state index is -1.24. The van der Waals surface area contributed by atoms with Gasteiger partial charge in [-0.25, -0.2) is 0 Å². The second-order valence-electron chi connectivity index (χ2n) is 3.68. The SMILES string of the molecule is C#CCN(CC(=O)O)C(=O)c1ccc(Cl)c([N+](=O)[O-])c1. The average molecular weight is 297 g/mol. The molecule has 8 heteroatoms. The number of carboxylic acid groups (broad SMARTS) is 1. The number of nitrogens with zero attached hydrogens (tertiary/aromatic N) is 2. The Morgan fingerprint density at radius 3 is 2.65 bits per heavy atom. The molecule has 0 atom stereocenters. The second-order valence-corrected chi connectivity index (χ2v) is 4.09. The van der Waals surface area contributed by atoms with Gasteiger partial charge in [-0.05, 0) is 12.1 Å². The van der Waals surface area contributed by atoms with Crippen LogP contribution in [0.4, 0.5) is 5.69 Å². The van der Waals surface area contributed by atoms with E-state index in [0.717, 1.165) is 11.0 Å². The van der Waals surface area contributed by atoms with E-state index in [1.165, 1.54) is 12.1 Å². The van der Waals surface area contributed by atoms with Crippen LogP contribution in [0.3, 0.4) is 0 Å². The average Bonchev–Trinajstić information content (AvgIpc) is 2.37. The lowest BCUT2D eigenvalue weighted by Gasteiger charge is -2.17. The smallest absolute Gasteiger partial charge is 0.323 e. The quantitative estimate of drug-likeness (QED) is 0.503. The number of rotatable bonds is 5. The summed E-state index contributed by atoms with van der Waals surface area (Å²) in [6.45, 7) is -0.818. The van der Waals surface area contributed by atoms with Crippen molar-refractivity contribution in [2.75, 3.05) is 13.1 Å². The van der Waals surface area contributed by atoms with Crippen molar-refractivity contribution >= 4 is 29.2 Å². The highest BCUT2D eigenvalue weighted by molar-refractivity contribution is 6.32. The van der Waals surface area contributed by atoms with E-state index in [1.54, 1.807) is 0 Å². The Labute approximate surface area is 118 Å². The Hall–Kier alpha value is -2.59. The first-order valence-corrected chi connectivity index (χ1v) is 5.63. The fourth-order valence-corrected chi connectivity index (χ4v) is 1.63. The van der Waals surface area contributed by atoms with Crippen LogP contribution < -0.4 is 0 Å². The molecule has 0 fully saturated rings. The van der Waals surface area contributed by atoms with Gasteiger partial charge in [-0.2, -0.15) is 0 Å². The van der Waals surface area contributed by atoms with Gasteiger partial charge in [0.1, 0.15) is 11.6 Å². The van der Waals surface area contributed by atoms with Gasteiger partial charge in [0, 0.05) is 11.6 Å². The van der Waals surface area contributed by atoms with Crippen LogP contribution in [-0.4, -0.2) is 39.9 Å². The van der Waals surface area contributed by atoms with Crippen molar-refractivity contribution in [2.24, 2.45) is 0 Å². The predicted octanol–water partition coefficient (Wildman–Crippen LogP) is 1.41. The number of benzene rings is 1. The van der Waals surface area contributed by atoms with Crippen molar-refractivity contribution in [3.05, 3.63) is 38.9 Å². The Morgan fingerprint density at radius 1 is 1.50 bits per heavy atom. The second kappa shape index (κ2) is 6.54. The summed E-state index contributed by atoms with van der Waals surface area (Å²) in [6, 6.07) is 3.45. The molecule has 0 spiro atoms. The number of nitro groups is 1. The predicted molar refractivity (Wildman–Crippen MR) is 70.5 cm³/mol. The van der Waals surface area contributed by atoms with E-state index in [0.29, 0.717) is 0 Å². The molecule has 1 rings (SSSR count). The van der Waals surface area contributed by atoms with Crippen molar-refractivity contribution in [3.63, 3.8) is 0 Å². The lowest BCUT2D eigenvalue weighted by atomic mass is 10.1. The van der Waals surface area contributed by atoms with E-state index in [2.05, 4.69) is 5.92 Å². The minimum absolute atomic E-state index is 0.0578. The molecule has 0 aliphatic carbocycles. The van der Waals surface area contributed by atoms with E-state index in [-0.39, 0.29) is 17.1 Å². The summed E-state index contributed by atoms with van der Waals surface area (Å²) in [4.78, 5) is 33.6. The van der Waals surface area contributed by atoms with Crippen LogP contribution >= 0.6 is 11.6 Å². The lowest BCUT2D eigenvalue weighted by Crippen LogP contribution is -2.36. The van der Waals surface area contributed by atoms with Crippen LogP contribution in [0.5, 0.6) is 0 Å². The molecule has 104 valence electrons. The van der Waals surface area contributed by atoms with Crippen LogP contribution in [0, 0.1) is 22.5 Å². The largest absolute Gasteiger partial charge is 0.480 e. The third-order valence-electron chi connectivity index (χ3n) is 2.29. The highest BCUT2D eigenvalue weighted by atomic mass is 35.5. The van der Waals surface area contributed by atoms with Gasteiger partial charge in [-0.15, -0.1) is 6.42 Å². The van der Waals surface area contributed by atoms with Crippen LogP contribution in [0.25, 0.3) is 0 Å². The summed E-state index contributed by atoms with van der Waals surface area (Å²) in [5, 5.41) is 19.3. The molecule has 20 heavy (non-hydrogen) atoms. The summed E-state index contributed by atoms with van der Waals surface area (Å²) >= 11 is 5.63. The number of carboxylic acids is 1. The van der Waals surface area contributed by atoms with Gasteiger partial charge in [0.15, 0.2) is 0 Å². The van der Waals surface area contributed by atoms with E-state index in [1.807, 2.05) is 0 Å². The number of nitro benzene ring substituents is 1. The van der Waals surface area contributed by atoms with Gasteiger partial charge in [0.25, 0.3) is 11.6 Å². The topological polar surface area (TPSA) is 101 Å². The minimum Gasteiger partial charge on any atom is -0.480 e. The Kier molecular flexibility index (Phi) is 5.06. The summed E-state index contributed by atoms with van der Waals surface area (Å²) in [5.41, 5.74) is -0.494. The van der Waals surface area contributed by atoms with Gasteiger partial charge >= 0.3 is 5.97 Å². The van der Waals surface area contributed by atoms with Gasteiger partial charge in [0.05, 0.1) is 11.5 Å². The molecule has 0 saturated carbocycles. The maximum Gasteiger partial charge on any atom is 0.323 e. The molecule has 0 heterocycles. The Morgan fingerprint density at radius 2 is 2.15 bits per heavy atom. The van der Waals surface area contributed by atoms with Gasteiger partial charge < -0.3 is 10.0 Å². The maximum atomic E-state index is 12.1. The zero-order chi connectivity index (χ0) is 15.3. The first kappa shape index (κ1) is 15.5. The molecule has 7 nitrogen and oxygen atoms in total.